The molecule has 0 amide bonds. The van der Waals surface area contributed by atoms with Crippen LogP contribution in [0.4, 0.5) is 0 Å². The van der Waals surface area contributed by atoms with E-state index in [0.29, 0.717) is 6.42 Å². The summed E-state index contributed by atoms with van der Waals surface area (Å²) in [5, 5.41) is 15.8. The summed E-state index contributed by atoms with van der Waals surface area (Å²) in [5.74, 6) is -1.57. The van der Waals surface area contributed by atoms with Gasteiger partial charge in [-0.25, -0.2) is 0 Å². The fourth-order valence-corrected chi connectivity index (χ4v) is 1.04. The van der Waals surface area contributed by atoms with Crippen LogP contribution in [0.5, 0.6) is 0 Å². The molecule has 0 aliphatic heterocycles. The predicted octanol–water partition coefficient (Wildman–Crippen LogP) is 2.15. The Balaban J connectivity index is 0. The molecule has 0 fully saturated rings. The second-order valence-electron chi connectivity index (χ2n) is 3.77. The molecule has 5 nitrogen and oxygen atoms in total. The summed E-state index contributed by atoms with van der Waals surface area (Å²) in [7, 11) is 1.67. The van der Waals surface area contributed by atoms with E-state index in [1.165, 1.54) is 0 Å². The van der Waals surface area contributed by atoms with E-state index in [9.17, 15) is 4.79 Å². The molecule has 0 heterocycles. The average Bonchev–Trinajstić information content (AvgIpc) is 2.16. The summed E-state index contributed by atoms with van der Waals surface area (Å²) in [6.07, 6.45) is 2.65. The van der Waals surface area contributed by atoms with Crippen molar-refractivity contribution in [3.8, 4) is 0 Å². The molecule has 0 bridgehead atoms. The SMILES string of the molecule is CC(=O)O.CCC(C)(CCCC(=O)O)OC. The zero-order valence-corrected chi connectivity index (χ0v) is 10.4. The molecule has 0 aromatic carbocycles. The predicted molar refractivity (Wildman–Crippen MR) is 60.5 cm³/mol. The molecule has 0 aliphatic rings. The van der Waals surface area contributed by atoms with Crippen molar-refractivity contribution < 1.29 is 24.5 Å². The minimum atomic E-state index is -0.833. The molecule has 0 saturated carbocycles. The molecule has 0 spiro atoms. The van der Waals surface area contributed by atoms with Crippen LogP contribution in [-0.2, 0) is 14.3 Å². The molecule has 0 aromatic rings. The number of carboxylic acids is 2. The Bertz CT molecular complexity index is 204. The largest absolute Gasteiger partial charge is 0.481 e. The molecular formula is C11H22O5. The summed E-state index contributed by atoms with van der Waals surface area (Å²) in [4.78, 5) is 19.2. The molecular weight excluding hydrogens is 212 g/mol. The lowest BCUT2D eigenvalue weighted by Gasteiger charge is -2.26. The van der Waals surface area contributed by atoms with Crippen molar-refractivity contribution in [2.75, 3.05) is 7.11 Å². The van der Waals surface area contributed by atoms with Gasteiger partial charge in [-0.3, -0.25) is 9.59 Å². The van der Waals surface area contributed by atoms with E-state index in [2.05, 4.69) is 0 Å². The molecule has 1 unspecified atom stereocenters. The van der Waals surface area contributed by atoms with Gasteiger partial charge in [-0.05, 0) is 26.2 Å². The molecule has 0 saturated heterocycles. The Hall–Kier alpha value is -1.10. The standard InChI is InChI=1S/C9H18O3.C2H4O2/c1-4-9(2,12-3)7-5-6-8(10)11;1-2(3)4/h4-7H2,1-3H3,(H,10,11);1H3,(H,3,4). The van der Waals surface area contributed by atoms with Crippen molar-refractivity contribution in [2.45, 2.75) is 52.1 Å². The summed E-state index contributed by atoms with van der Waals surface area (Å²) in [6, 6.07) is 0. The van der Waals surface area contributed by atoms with Gasteiger partial charge in [0, 0.05) is 20.5 Å². The van der Waals surface area contributed by atoms with Gasteiger partial charge in [0.2, 0.25) is 0 Å². The number of hydrogen-bond acceptors (Lipinski definition) is 3. The Kier molecular flexibility index (Phi) is 9.89. The highest BCUT2D eigenvalue weighted by molar-refractivity contribution is 5.66. The van der Waals surface area contributed by atoms with E-state index in [4.69, 9.17) is 19.7 Å². The topological polar surface area (TPSA) is 83.8 Å². The van der Waals surface area contributed by atoms with Crippen LogP contribution in [0.1, 0.15) is 46.5 Å². The number of methoxy groups -OCH3 is 1. The smallest absolute Gasteiger partial charge is 0.303 e. The van der Waals surface area contributed by atoms with Crippen LogP contribution in [0.15, 0.2) is 0 Å². The highest BCUT2D eigenvalue weighted by Crippen LogP contribution is 2.21. The minimum Gasteiger partial charge on any atom is -0.481 e. The zero-order chi connectivity index (χ0) is 13.2. The van der Waals surface area contributed by atoms with E-state index in [-0.39, 0.29) is 12.0 Å². The fraction of sp³-hybridized carbons (Fsp3) is 0.818. The molecule has 0 radical (unpaired) electrons. The monoisotopic (exact) mass is 234 g/mol. The van der Waals surface area contributed by atoms with Crippen LogP contribution in [0.3, 0.4) is 0 Å². The van der Waals surface area contributed by atoms with Crippen LogP contribution in [0.25, 0.3) is 0 Å². The second kappa shape index (κ2) is 9.15. The van der Waals surface area contributed by atoms with E-state index < -0.39 is 11.9 Å². The van der Waals surface area contributed by atoms with Crippen LogP contribution in [0.2, 0.25) is 0 Å². The molecule has 16 heavy (non-hydrogen) atoms. The highest BCUT2D eigenvalue weighted by atomic mass is 16.5. The van der Waals surface area contributed by atoms with E-state index >= 15 is 0 Å². The molecule has 96 valence electrons. The normalized spacial score (nSPS) is 13.2. The van der Waals surface area contributed by atoms with Gasteiger partial charge in [-0.1, -0.05) is 6.92 Å². The number of rotatable bonds is 6. The van der Waals surface area contributed by atoms with Crippen LogP contribution < -0.4 is 0 Å². The Morgan fingerprint density at radius 2 is 1.75 bits per heavy atom. The minimum absolute atomic E-state index is 0.143. The van der Waals surface area contributed by atoms with Gasteiger partial charge in [0.25, 0.3) is 5.97 Å². The third-order valence-electron chi connectivity index (χ3n) is 2.34. The maximum Gasteiger partial charge on any atom is 0.303 e. The number of ether oxygens (including phenoxy) is 1. The van der Waals surface area contributed by atoms with Crippen molar-refractivity contribution in [3.05, 3.63) is 0 Å². The number of aliphatic carboxylic acids is 2. The molecule has 0 aromatic heterocycles. The lowest BCUT2D eigenvalue weighted by Crippen LogP contribution is -2.26. The van der Waals surface area contributed by atoms with Gasteiger partial charge in [0.1, 0.15) is 0 Å². The average molecular weight is 234 g/mol. The maximum atomic E-state index is 10.2. The van der Waals surface area contributed by atoms with E-state index in [1.54, 1.807) is 7.11 Å². The number of carboxylic acid groups (broad SMARTS) is 2. The summed E-state index contributed by atoms with van der Waals surface area (Å²) in [5.41, 5.74) is -0.143. The Morgan fingerprint density at radius 1 is 1.31 bits per heavy atom. The van der Waals surface area contributed by atoms with Crippen molar-refractivity contribution in [1.82, 2.24) is 0 Å². The first-order valence-corrected chi connectivity index (χ1v) is 5.24. The molecule has 1 atom stereocenters. The molecule has 5 heteroatoms. The van der Waals surface area contributed by atoms with Gasteiger partial charge < -0.3 is 14.9 Å². The van der Waals surface area contributed by atoms with Crippen LogP contribution in [0, 0.1) is 0 Å². The van der Waals surface area contributed by atoms with Crippen molar-refractivity contribution in [3.63, 3.8) is 0 Å². The molecule has 0 aliphatic carbocycles. The second-order valence-corrected chi connectivity index (χ2v) is 3.77. The van der Waals surface area contributed by atoms with Gasteiger partial charge in [-0.15, -0.1) is 0 Å². The zero-order valence-electron chi connectivity index (χ0n) is 10.4. The van der Waals surface area contributed by atoms with Gasteiger partial charge >= 0.3 is 5.97 Å². The summed E-state index contributed by atoms with van der Waals surface area (Å²) < 4.78 is 5.28. The Labute approximate surface area is 96.4 Å². The lowest BCUT2D eigenvalue weighted by atomic mass is 9.96. The first-order valence-electron chi connectivity index (χ1n) is 5.24. The van der Waals surface area contributed by atoms with Crippen LogP contribution in [-0.4, -0.2) is 34.9 Å². The molecule has 0 rings (SSSR count). The Morgan fingerprint density at radius 3 is 2.00 bits per heavy atom. The summed E-state index contributed by atoms with van der Waals surface area (Å²) in [6.45, 7) is 5.14. The van der Waals surface area contributed by atoms with Crippen LogP contribution >= 0.6 is 0 Å². The fourth-order valence-electron chi connectivity index (χ4n) is 1.04. The van der Waals surface area contributed by atoms with Crippen molar-refractivity contribution >= 4 is 11.9 Å². The van der Waals surface area contributed by atoms with E-state index in [1.807, 2.05) is 13.8 Å². The number of hydrogen-bond donors (Lipinski definition) is 2. The van der Waals surface area contributed by atoms with Gasteiger partial charge in [-0.2, -0.15) is 0 Å². The van der Waals surface area contributed by atoms with Gasteiger partial charge in [0.05, 0.1) is 5.60 Å². The first kappa shape index (κ1) is 17.3. The summed E-state index contributed by atoms with van der Waals surface area (Å²) >= 11 is 0. The van der Waals surface area contributed by atoms with Crippen molar-refractivity contribution in [2.24, 2.45) is 0 Å². The third kappa shape index (κ3) is 12.9. The quantitative estimate of drug-likeness (QED) is 0.735. The highest BCUT2D eigenvalue weighted by Gasteiger charge is 2.20. The van der Waals surface area contributed by atoms with E-state index in [0.717, 1.165) is 19.8 Å². The maximum absolute atomic E-state index is 10.2. The van der Waals surface area contributed by atoms with Crippen molar-refractivity contribution in [1.29, 1.82) is 0 Å². The van der Waals surface area contributed by atoms with Gasteiger partial charge in [0.15, 0.2) is 0 Å². The lowest BCUT2D eigenvalue weighted by molar-refractivity contribution is -0.137. The third-order valence-corrected chi connectivity index (χ3v) is 2.34. The molecule has 2 N–H and O–H groups in total. The number of carbonyl (C=O) groups is 2. The first-order chi connectivity index (χ1) is 7.27.